The maximum absolute atomic E-state index is 11.5. The molecule has 0 spiro atoms. The first-order valence-corrected chi connectivity index (χ1v) is 11.7. The first-order valence-electron chi connectivity index (χ1n) is 11.7. The van der Waals surface area contributed by atoms with E-state index in [9.17, 15) is 9.90 Å². The minimum Gasteiger partial charge on any atom is -0.475 e. The Balaban J connectivity index is 2.14. The number of aromatic nitrogens is 2. The van der Waals surface area contributed by atoms with Crippen LogP contribution in [0.1, 0.15) is 100 Å². The van der Waals surface area contributed by atoms with E-state index >= 15 is 0 Å². The number of aromatic carboxylic acids is 1. The third-order valence-corrected chi connectivity index (χ3v) is 5.89. The molecule has 1 N–H and O–H groups in total. The van der Waals surface area contributed by atoms with Crippen LogP contribution in [0, 0.1) is 5.92 Å². The van der Waals surface area contributed by atoms with Crippen LogP contribution in [-0.4, -0.2) is 21.0 Å². The number of carbonyl (C=O) groups is 1. The van der Waals surface area contributed by atoms with Crippen molar-refractivity contribution in [3.63, 3.8) is 0 Å². The van der Waals surface area contributed by atoms with Crippen molar-refractivity contribution in [1.29, 1.82) is 0 Å². The average molecular weight is 411 g/mol. The number of nitrogens with zero attached hydrogens (tertiary/aromatic N) is 2. The van der Waals surface area contributed by atoms with E-state index in [1.807, 2.05) is 6.07 Å². The van der Waals surface area contributed by atoms with Gasteiger partial charge in [-0.2, -0.15) is 0 Å². The van der Waals surface area contributed by atoms with E-state index in [2.05, 4.69) is 48.9 Å². The molecule has 0 radical (unpaired) electrons. The van der Waals surface area contributed by atoms with Crippen LogP contribution in [0.2, 0.25) is 0 Å². The molecule has 1 aromatic heterocycles. The average Bonchev–Trinajstić information content (AvgIpc) is 2.76. The predicted octanol–water partition coefficient (Wildman–Crippen LogP) is 7.11. The van der Waals surface area contributed by atoms with Crippen molar-refractivity contribution in [1.82, 2.24) is 9.97 Å². The highest BCUT2D eigenvalue weighted by Crippen LogP contribution is 2.29. The van der Waals surface area contributed by atoms with Gasteiger partial charge in [0.15, 0.2) is 0 Å². The third kappa shape index (κ3) is 7.55. The zero-order chi connectivity index (χ0) is 21.8. The molecule has 0 aliphatic carbocycles. The van der Waals surface area contributed by atoms with Crippen molar-refractivity contribution in [2.45, 2.75) is 91.4 Å². The topological polar surface area (TPSA) is 63.1 Å². The van der Waals surface area contributed by atoms with Gasteiger partial charge in [-0.1, -0.05) is 96.4 Å². The monoisotopic (exact) mass is 410 g/mol. The van der Waals surface area contributed by atoms with Gasteiger partial charge >= 0.3 is 5.97 Å². The van der Waals surface area contributed by atoms with Crippen molar-refractivity contribution in [2.24, 2.45) is 5.92 Å². The van der Waals surface area contributed by atoms with Gasteiger partial charge in [-0.15, -0.1) is 0 Å². The Labute approximate surface area is 182 Å². The van der Waals surface area contributed by atoms with Gasteiger partial charge in [0.05, 0.1) is 5.69 Å². The Hall–Kier alpha value is -2.23. The lowest BCUT2D eigenvalue weighted by Gasteiger charge is -2.16. The first-order chi connectivity index (χ1) is 14.6. The molecular weight excluding hydrogens is 372 g/mol. The van der Waals surface area contributed by atoms with E-state index in [1.54, 1.807) is 6.20 Å². The summed E-state index contributed by atoms with van der Waals surface area (Å²) in [7, 11) is 0. The predicted molar refractivity (Wildman–Crippen MR) is 124 cm³/mol. The zero-order valence-electron chi connectivity index (χ0n) is 19.0. The van der Waals surface area contributed by atoms with Gasteiger partial charge in [-0.3, -0.25) is 0 Å². The van der Waals surface area contributed by atoms with Crippen molar-refractivity contribution in [2.75, 3.05) is 0 Å². The molecular formula is C26H38N2O2. The number of hydrogen-bond acceptors (Lipinski definition) is 3. The lowest BCUT2D eigenvalue weighted by molar-refractivity contribution is 0.0683. The highest BCUT2D eigenvalue weighted by molar-refractivity contribution is 5.84. The van der Waals surface area contributed by atoms with Gasteiger partial charge < -0.3 is 5.11 Å². The summed E-state index contributed by atoms with van der Waals surface area (Å²) in [5.41, 5.74) is 4.14. The van der Waals surface area contributed by atoms with Gasteiger partial charge in [0, 0.05) is 11.8 Å². The van der Waals surface area contributed by atoms with Gasteiger partial charge in [0.2, 0.25) is 5.82 Å². The van der Waals surface area contributed by atoms with E-state index < -0.39 is 5.97 Å². The zero-order valence-corrected chi connectivity index (χ0v) is 19.0. The molecule has 1 aromatic carbocycles. The number of hydrogen-bond donors (Lipinski definition) is 1. The fourth-order valence-corrected chi connectivity index (χ4v) is 3.82. The molecule has 4 heteroatoms. The Morgan fingerprint density at radius 1 is 0.967 bits per heavy atom. The fourth-order valence-electron chi connectivity index (χ4n) is 3.82. The minimum absolute atomic E-state index is 0.122. The van der Waals surface area contributed by atoms with E-state index in [-0.39, 0.29) is 5.82 Å². The van der Waals surface area contributed by atoms with Crippen LogP contribution in [0.15, 0.2) is 30.5 Å². The molecule has 0 fully saturated rings. The standard InChI is InChI=1S/C26H38N2O2/c1-4-6-7-8-9-10-11-12-16-22-19-27-25(26(29)30)28-24(22)23-17-14-13-15-21(23)18-20(3)5-2/h13-15,17,19-20H,4-12,16,18H2,1-3H3,(H,29,30)/t20-/m0/s1. The summed E-state index contributed by atoms with van der Waals surface area (Å²) >= 11 is 0. The Bertz CT molecular complexity index is 788. The largest absolute Gasteiger partial charge is 0.475 e. The summed E-state index contributed by atoms with van der Waals surface area (Å²) in [5, 5.41) is 9.41. The molecule has 2 rings (SSSR count). The van der Waals surface area contributed by atoms with Crippen molar-refractivity contribution >= 4 is 5.97 Å². The van der Waals surface area contributed by atoms with Crippen molar-refractivity contribution in [3.8, 4) is 11.3 Å². The van der Waals surface area contributed by atoms with Crippen LogP contribution in [0.4, 0.5) is 0 Å². The molecule has 0 saturated heterocycles. The van der Waals surface area contributed by atoms with Crippen LogP contribution >= 0.6 is 0 Å². The highest BCUT2D eigenvalue weighted by Gasteiger charge is 2.16. The molecule has 0 bridgehead atoms. The summed E-state index contributed by atoms with van der Waals surface area (Å²) in [6.45, 7) is 6.70. The quantitative estimate of drug-likeness (QED) is 0.337. The fraction of sp³-hybridized carbons (Fsp3) is 0.577. The van der Waals surface area contributed by atoms with Crippen LogP contribution < -0.4 is 0 Å². The molecule has 4 nitrogen and oxygen atoms in total. The Morgan fingerprint density at radius 3 is 2.30 bits per heavy atom. The Morgan fingerprint density at radius 2 is 1.63 bits per heavy atom. The minimum atomic E-state index is -1.07. The number of aryl methyl sites for hydroxylation is 1. The third-order valence-electron chi connectivity index (χ3n) is 5.89. The second kappa shape index (κ2) is 13.1. The molecule has 0 aliphatic heterocycles. The summed E-state index contributed by atoms with van der Waals surface area (Å²) in [6, 6.07) is 8.28. The lowest BCUT2D eigenvalue weighted by atomic mass is 9.91. The molecule has 164 valence electrons. The van der Waals surface area contributed by atoms with Crippen molar-refractivity contribution < 1.29 is 9.90 Å². The summed E-state index contributed by atoms with van der Waals surface area (Å²) in [5.74, 6) is -0.625. The smallest absolute Gasteiger partial charge is 0.373 e. The van der Waals surface area contributed by atoms with Crippen LogP contribution in [0.3, 0.4) is 0 Å². The normalized spacial score (nSPS) is 12.1. The van der Waals surface area contributed by atoms with E-state index in [4.69, 9.17) is 0 Å². The van der Waals surface area contributed by atoms with Crippen LogP contribution in [0.5, 0.6) is 0 Å². The maximum Gasteiger partial charge on any atom is 0.373 e. The molecule has 0 amide bonds. The van der Waals surface area contributed by atoms with Crippen molar-refractivity contribution in [3.05, 3.63) is 47.4 Å². The molecule has 1 atom stereocenters. The number of rotatable bonds is 14. The van der Waals surface area contributed by atoms with E-state index in [0.717, 1.165) is 42.5 Å². The molecule has 0 unspecified atom stereocenters. The lowest BCUT2D eigenvalue weighted by Crippen LogP contribution is -2.09. The number of benzene rings is 1. The highest BCUT2D eigenvalue weighted by atomic mass is 16.4. The van der Waals surface area contributed by atoms with Crippen LogP contribution in [-0.2, 0) is 12.8 Å². The summed E-state index contributed by atoms with van der Waals surface area (Å²) < 4.78 is 0. The molecule has 0 aliphatic rings. The van der Waals surface area contributed by atoms with E-state index in [1.165, 1.54) is 50.5 Å². The second-order valence-electron chi connectivity index (χ2n) is 8.47. The van der Waals surface area contributed by atoms with Gasteiger partial charge in [-0.25, -0.2) is 14.8 Å². The number of carboxylic acids is 1. The van der Waals surface area contributed by atoms with Gasteiger partial charge in [-0.05, 0) is 36.3 Å². The number of carboxylic acid groups (broad SMARTS) is 1. The number of unbranched alkanes of at least 4 members (excludes halogenated alkanes) is 7. The molecule has 2 aromatic rings. The van der Waals surface area contributed by atoms with E-state index in [0.29, 0.717) is 5.92 Å². The maximum atomic E-state index is 11.5. The molecule has 0 saturated carbocycles. The SMILES string of the molecule is CCCCCCCCCCc1cnc(C(=O)O)nc1-c1ccccc1C[C@@H](C)CC. The molecule has 30 heavy (non-hydrogen) atoms. The Kier molecular flexibility index (Phi) is 10.5. The van der Waals surface area contributed by atoms with Crippen LogP contribution in [0.25, 0.3) is 11.3 Å². The summed E-state index contributed by atoms with van der Waals surface area (Å²) in [6.07, 6.45) is 14.9. The first kappa shape index (κ1) is 24.0. The molecule has 1 heterocycles. The van der Waals surface area contributed by atoms with Gasteiger partial charge in [0.1, 0.15) is 0 Å². The van der Waals surface area contributed by atoms with Gasteiger partial charge in [0.25, 0.3) is 0 Å². The second-order valence-corrected chi connectivity index (χ2v) is 8.47. The summed E-state index contributed by atoms with van der Waals surface area (Å²) in [4.78, 5) is 20.1.